The van der Waals surface area contributed by atoms with Crippen molar-refractivity contribution in [2.75, 3.05) is 0 Å². The molecule has 0 unspecified atom stereocenters. The van der Waals surface area contributed by atoms with Gasteiger partial charge < -0.3 is 5.21 Å². The molecule has 0 aliphatic carbocycles. The van der Waals surface area contributed by atoms with Crippen molar-refractivity contribution in [2.45, 2.75) is 13.1 Å². The number of nitrogens with zero attached hydrogens (tertiary/aromatic N) is 1. The standard InChI is InChI=1S/C13H10F3NO/c1-9-5-2-3-6-10(9)12-11(13(14,15)16)7-4-8-17(12)18/h2-8H,1H3. The fourth-order valence-corrected chi connectivity index (χ4v) is 1.82. The maximum Gasteiger partial charge on any atom is 0.422 e. The summed E-state index contributed by atoms with van der Waals surface area (Å²) in [6.45, 7) is 1.67. The highest BCUT2D eigenvalue weighted by molar-refractivity contribution is 5.64. The SMILES string of the molecule is Cc1ccccc1-c1c(C(F)(F)F)ccc[n+]1[O-]. The minimum absolute atomic E-state index is 0.255. The maximum atomic E-state index is 12.9. The molecule has 0 fully saturated rings. The van der Waals surface area contributed by atoms with Crippen molar-refractivity contribution in [1.29, 1.82) is 0 Å². The highest BCUT2D eigenvalue weighted by atomic mass is 19.4. The minimum atomic E-state index is -4.55. The summed E-state index contributed by atoms with van der Waals surface area (Å²) in [5.41, 5.74) is -0.364. The first-order valence-electron chi connectivity index (χ1n) is 5.26. The van der Waals surface area contributed by atoms with Gasteiger partial charge in [0.2, 0.25) is 5.69 Å². The third kappa shape index (κ3) is 2.16. The zero-order valence-electron chi connectivity index (χ0n) is 9.53. The average Bonchev–Trinajstić information content (AvgIpc) is 2.29. The Balaban J connectivity index is 2.75. The highest BCUT2D eigenvalue weighted by Crippen LogP contribution is 2.35. The molecule has 0 radical (unpaired) electrons. The Morgan fingerprint density at radius 1 is 1.06 bits per heavy atom. The van der Waals surface area contributed by atoms with Crippen molar-refractivity contribution in [3.63, 3.8) is 0 Å². The minimum Gasteiger partial charge on any atom is -0.618 e. The number of alkyl halides is 3. The van der Waals surface area contributed by atoms with E-state index in [1.165, 1.54) is 6.07 Å². The first kappa shape index (κ1) is 12.4. The molecule has 5 heteroatoms. The van der Waals surface area contributed by atoms with Crippen LogP contribution >= 0.6 is 0 Å². The van der Waals surface area contributed by atoms with Gasteiger partial charge in [0.15, 0.2) is 6.20 Å². The fourth-order valence-electron chi connectivity index (χ4n) is 1.82. The van der Waals surface area contributed by atoms with Crippen molar-refractivity contribution < 1.29 is 17.9 Å². The topological polar surface area (TPSA) is 26.9 Å². The van der Waals surface area contributed by atoms with E-state index in [9.17, 15) is 18.4 Å². The van der Waals surface area contributed by atoms with Crippen molar-refractivity contribution in [2.24, 2.45) is 0 Å². The van der Waals surface area contributed by atoms with Crippen molar-refractivity contribution in [3.8, 4) is 11.3 Å². The lowest BCUT2D eigenvalue weighted by Crippen LogP contribution is -2.32. The molecule has 18 heavy (non-hydrogen) atoms. The number of hydrogen-bond donors (Lipinski definition) is 0. The molecule has 94 valence electrons. The second-order valence-corrected chi connectivity index (χ2v) is 3.91. The molecule has 0 saturated heterocycles. The molecule has 0 amide bonds. The summed E-state index contributed by atoms with van der Waals surface area (Å²) in [4.78, 5) is 0. The third-order valence-electron chi connectivity index (χ3n) is 2.67. The summed E-state index contributed by atoms with van der Waals surface area (Å²) in [7, 11) is 0. The van der Waals surface area contributed by atoms with Crippen LogP contribution in [0.2, 0.25) is 0 Å². The van der Waals surface area contributed by atoms with E-state index in [1.807, 2.05) is 0 Å². The lowest BCUT2D eigenvalue weighted by molar-refractivity contribution is -0.594. The molecule has 1 heterocycles. The Hall–Kier alpha value is -2.04. The van der Waals surface area contributed by atoms with Crippen LogP contribution < -0.4 is 4.73 Å². The van der Waals surface area contributed by atoms with Crippen LogP contribution in [-0.4, -0.2) is 0 Å². The van der Waals surface area contributed by atoms with Crippen molar-refractivity contribution in [1.82, 2.24) is 0 Å². The number of rotatable bonds is 1. The van der Waals surface area contributed by atoms with Gasteiger partial charge in [0, 0.05) is 6.07 Å². The number of pyridine rings is 1. The van der Waals surface area contributed by atoms with E-state index in [-0.39, 0.29) is 10.4 Å². The number of hydrogen-bond acceptors (Lipinski definition) is 1. The van der Waals surface area contributed by atoms with Crippen molar-refractivity contribution >= 4 is 0 Å². The predicted molar refractivity (Wildman–Crippen MR) is 60.6 cm³/mol. The third-order valence-corrected chi connectivity index (χ3v) is 2.67. The first-order chi connectivity index (χ1) is 8.41. The average molecular weight is 253 g/mol. The van der Waals surface area contributed by atoms with Crippen LogP contribution in [0.5, 0.6) is 0 Å². The van der Waals surface area contributed by atoms with Gasteiger partial charge in [-0.15, -0.1) is 0 Å². The summed E-state index contributed by atoms with van der Waals surface area (Å²) in [5.74, 6) is 0. The second kappa shape index (κ2) is 4.33. The van der Waals surface area contributed by atoms with E-state index in [1.54, 1.807) is 25.1 Å². The Labute approximate surface area is 102 Å². The van der Waals surface area contributed by atoms with Gasteiger partial charge in [0.05, 0.1) is 5.56 Å². The molecule has 1 aromatic heterocycles. The van der Waals surface area contributed by atoms with Crippen LogP contribution in [-0.2, 0) is 6.18 Å². The predicted octanol–water partition coefficient (Wildman–Crippen LogP) is 3.31. The summed E-state index contributed by atoms with van der Waals surface area (Å²) >= 11 is 0. The smallest absolute Gasteiger partial charge is 0.422 e. The normalized spacial score (nSPS) is 11.6. The van der Waals surface area contributed by atoms with Gasteiger partial charge in [-0.05, 0) is 24.6 Å². The zero-order chi connectivity index (χ0) is 13.3. The van der Waals surface area contributed by atoms with Gasteiger partial charge in [-0.25, -0.2) is 0 Å². The monoisotopic (exact) mass is 253 g/mol. The Kier molecular flexibility index (Phi) is 2.98. The van der Waals surface area contributed by atoms with E-state index >= 15 is 0 Å². The number of halogens is 3. The van der Waals surface area contributed by atoms with Crippen LogP contribution in [0, 0.1) is 12.1 Å². The largest absolute Gasteiger partial charge is 0.618 e. The highest BCUT2D eigenvalue weighted by Gasteiger charge is 2.38. The van der Waals surface area contributed by atoms with Crippen LogP contribution in [0.1, 0.15) is 11.1 Å². The summed E-state index contributed by atoms with van der Waals surface area (Å²) in [6.07, 6.45) is -3.48. The molecule has 0 atom stereocenters. The summed E-state index contributed by atoms with van der Waals surface area (Å²) < 4.78 is 38.9. The molecule has 0 N–H and O–H groups in total. The Morgan fingerprint density at radius 3 is 2.33 bits per heavy atom. The van der Waals surface area contributed by atoms with Gasteiger partial charge in [-0.3, -0.25) is 0 Å². The number of benzene rings is 1. The molecule has 2 rings (SSSR count). The lowest BCUT2D eigenvalue weighted by atomic mass is 10.0. The first-order valence-corrected chi connectivity index (χ1v) is 5.26. The molecular weight excluding hydrogens is 243 g/mol. The van der Waals surface area contributed by atoms with E-state index in [0.717, 1.165) is 18.3 Å². The number of aromatic nitrogens is 1. The number of aryl methyl sites for hydroxylation is 1. The van der Waals surface area contributed by atoms with Crippen LogP contribution in [0.15, 0.2) is 42.6 Å². The van der Waals surface area contributed by atoms with E-state index < -0.39 is 11.7 Å². The van der Waals surface area contributed by atoms with Crippen LogP contribution in [0.25, 0.3) is 11.3 Å². The molecule has 2 aromatic rings. The van der Waals surface area contributed by atoms with Gasteiger partial charge in [-0.2, -0.15) is 17.9 Å². The van der Waals surface area contributed by atoms with Gasteiger partial charge in [-0.1, -0.05) is 18.2 Å². The molecule has 0 aliphatic rings. The van der Waals surface area contributed by atoms with Gasteiger partial charge in [0.1, 0.15) is 5.56 Å². The van der Waals surface area contributed by atoms with Crippen LogP contribution in [0.3, 0.4) is 0 Å². The second-order valence-electron chi connectivity index (χ2n) is 3.91. The maximum absolute atomic E-state index is 12.9. The zero-order valence-corrected chi connectivity index (χ0v) is 9.53. The summed E-state index contributed by atoms with van der Waals surface area (Å²) in [5, 5.41) is 11.7. The quantitative estimate of drug-likeness (QED) is 0.565. The molecule has 1 aromatic carbocycles. The van der Waals surface area contributed by atoms with Crippen LogP contribution in [0.4, 0.5) is 13.2 Å². The Morgan fingerprint density at radius 2 is 1.72 bits per heavy atom. The van der Waals surface area contributed by atoms with Gasteiger partial charge in [0.25, 0.3) is 0 Å². The summed E-state index contributed by atoms with van der Waals surface area (Å²) in [6, 6.07) is 8.50. The molecule has 0 aliphatic heterocycles. The molecule has 0 bridgehead atoms. The van der Waals surface area contributed by atoms with E-state index in [0.29, 0.717) is 11.1 Å². The lowest BCUT2D eigenvalue weighted by Gasteiger charge is -2.13. The molecular formula is C13H10F3NO. The molecule has 0 spiro atoms. The van der Waals surface area contributed by atoms with E-state index in [4.69, 9.17) is 0 Å². The molecule has 2 nitrogen and oxygen atoms in total. The van der Waals surface area contributed by atoms with Crippen molar-refractivity contribution in [3.05, 3.63) is 58.9 Å². The Bertz CT molecular complexity index is 579. The van der Waals surface area contributed by atoms with Gasteiger partial charge >= 0.3 is 6.18 Å². The molecule has 0 saturated carbocycles. The fraction of sp³-hybridized carbons (Fsp3) is 0.154. The van der Waals surface area contributed by atoms with E-state index in [2.05, 4.69) is 0 Å².